The fourth-order valence-electron chi connectivity index (χ4n) is 2.63. The number of nitrogens with zero attached hydrogens (tertiary/aromatic N) is 1. The van der Waals surface area contributed by atoms with Crippen LogP contribution in [0.15, 0.2) is 18.2 Å². The second-order valence-corrected chi connectivity index (χ2v) is 5.01. The van der Waals surface area contributed by atoms with Gasteiger partial charge in [0, 0.05) is 25.6 Å². The molecule has 2 unspecified atom stereocenters. The molecule has 3 nitrogen and oxygen atoms in total. The van der Waals surface area contributed by atoms with E-state index in [0.29, 0.717) is 12.2 Å². The Kier molecular flexibility index (Phi) is 4.19. The molecule has 1 aromatic rings. The Bertz CT molecular complexity index is 409. The van der Waals surface area contributed by atoms with E-state index >= 15 is 0 Å². The highest BCUT2D eigenvalue weighted by molar-refractivity contribution is 5.55. The van der Waals surface area contributed by atoms with Gasteiger partial charge in [-0.2, -0.15) is 0 Å². The first-order chi connectivity index (χ1) is 8.63. The van der Waals surface area contributed by atoms with Crippen molar-refractivity contribution in [1.82, 2.24) is 5.32 Å². The molecule has 4 heteroatoms. The SMILES string of the molecule is CNCc1cccc(F)c1N1CCC(C(C)O)C1. The first-order valence-corrected chi connectivity index (χ1v) is 6.48. The van der Waals surface area contributed by atoms with Crippen molar-refractivity contribution in [1.29, 1.82) is 0 Å². The molecule has 1 saturated heterocycles. The standard InChI is InChI=1S/C14H21FN2O/c1-10(18)12-6-7-17(9-12)14-11(8-16-2)4-3-5-13(14)15/h3-5,10,12,16,18H,6-9H2,1-2H3. The van der Waals surface area contributed by atoms with Gasteiger partial charge in [-0.1, -0.05) is 12.1 Å². The van der Waals surface area contributed by atoms with Gasteiger partial charge in [-0.25, -0.2) is 4.39 Å². The van der Waals surface area contributed by atoms with Crippen molar-refractivity contribution in [3.8, 4) is 0 Å². The lowest BCUT2D eigenvalue weighted by atomic mass is 10.0. The Morgan fingerprint density at radius 3 is 2.94 bits per heavy atom. The largest absolute Gasteiger partial charge is 0.393 e. The third-order valence-electron chi connectivity index (χ3n) is 3.66. The Morgan fingerprint density at radius 1 is 1.56 bits per heavy atom. The smallest absolute Gasteiger partial charge is 0.146 e. The zero-order valence-corrected chi connectivity index (χ0v) is 11.0. The number of aliphatic hydroxyl groups is 1. The molecule has 0 amide bonds. The summed E-state index contributed by atoms with van der Waals surface area (Å²) < 4.78 is 14.0. The van der Waals surface area contributed by atoms with Crippen molar-refractivity contribution in [3.63, 3.8) is 0 Å². The van der Waals surface area contributed by atoms with E-state index in [1.807, 2.05) is 20.0 Å². The maximum atomic E-state index is 14.0. The normalized spacial score (nSPS) is 21.3. The summed E-state index contributed by atoms with van der Waals surface area (Å²) in [5.74, 6) is 0.0704. The molecule has 0 aliphatic carbocycles. The fourth-order valence-corrected chi connectivity index (χ4v) is 2.63. The van der Waals surface area contributed by atoms with Crippen molar-refractivity contribution in [2.45, 2.75) is 26.0 Å². The predicted molar refractivity (Wildman–Crippen MR) is 71.2 cm³/mol. The number of hydrogen-bond acceptors (Lipinski definition) is 3. The topological polar surface area (TPSA) is 35.5 Å². The summed E-state index contributed by atoms with van der Waals surface area (Å²) in [4.78, 5) is 2.05. The van der Waals surface area contributed by atoms with E-state index in [4.69, 9.17) is 0 Å². The van der Waals surface area contributed by atoms with Crippen molar-refractivity contribution in [2.75, 3.05) is 25.0 Å². The van der Waals surface area contributed by atoms with Gasteiger partial charge in [0.05, 0.1) is 11.8 Å². The van der Waals surface area contributed by atoms with E-state index < -0.39 is 0 Å². The van der Waals surface area contributed by atoms with Crippen LogP contribution in [0.25, 0.3) is 0 Å². The van der Waals surface area contributed by atoms with Crippen LogP contribution in [-0.4, -0.2) is 31.3 Å². The van der Waals surface area contributed by atoms with E-state index in [9.17, 15) is 9.50 Å². The van der Waals surface area contributed by atoms with Crippen molar-refractivity contribution >= 4 is 5.69 Å². The molecule has 1 aliphatic rings. The van der Waals surface area contributed by atoms with Gasteiger partial charge in [-0.15, -0.1) is 0 Å². The summed E-state index contributed by atoms with van der Waals surface area (Å²) in [6, 6.07) is 5.20. The Morgan fingerprint density at radius 2 is 2.33 bits per heavy atom. The van der Waals surface area contributed by atoms with Crippen LogP contribution in [-0.2, 0) is 6.54 Å². The van der Waals surface area contributed by atoms with E-state index in [1.165, 1.54) is 6.07 Å². The van der Waals surface area contributed by atoms with Crippen LogP contribution in [0.3, 0.4) is 0 Å². The van der Waals surface area contributed by atoms with Gasteiger partial charge in [0.25, 0.3) is 0 Å². The van der Waals surface area contributed by atoms with Crippen molar-refractivity contribution in [2.24, 2.45) is 5.92 Å². The van der Waals surface area contributed by atoms with Gasteiger partial charge in [-0.05, 0) is 32.0 Å². The Hall–Kier alpha value is -1.13. The summed E-state index contributed by atoms with van der Waals surface area (Å²) in [7, 11) is 1.86. The van der Waals surface area contributed by atoms with Gasteiger partial charge >= 0.3 is 0 Å². The molecule has 0 spiro atoms. The number of anilines is 1. The summed E-state index contributed by atoms with van der Waals surface area (Å²) in [6.45, 7) is 4.01. The number of para-hydroxylation sites is 1. The minimum atomic E-state index is -0.325. The third kappa shape index (κ3) is 2.65. The highest BCUT2D eigenvalue weighted by atomic mass is 19.1. The summed E-state index contributed by atoms with van der Waals surface area (Å²) in [5.41, 5.74) is 1.67. The molecule has 100 valence electrons. The minimum absolute atomic E-state index is 0.172. The Labute approximate surface area is 108 Å². The fraction of sp³-hybridized carbons (Fsp3) is 0.571. The molecule has 1 aliphatic heterocycles. The first kappa shape index (κ1) is 13.3. The number of rotatable bonds is 4. The van der Waals surface area contributed by atoms with Crippen LogP contribution in [0, 0.1) is 11.7 Å². The molecule has 2 atom stereocenters. The number of benzene rings is 1. The highest BCUT2D eigenvalue weighted by Crippen LogP contribution is 2.30. The second kappa shape index (κ2) is 5.67. The maximum absolute atomic E-state index is 14.0. The molecule has 1 heterocycles. The number of nitrogens with one attached hydrogen (secondary N) is 1. The van der Waals surface area contributed by atoms with Gasteiger partial charge in [-0.3, -0.25) is 0 Å². The molecule has 1 fully saturated rings. The van der Waals surface area contributed by atoms with Crippen molar-refractivity contribution < 1.29 is 9.50 Å². The maximum Gasteiger partial charge on any atom is 0.146 e. The van der Waals surface area contributed by atoms with Crippen molar-refractivity contribution in [3.05, 3.63) is 29.6 Å². The predicted octanol–water partition coefficient (Wildman–Crippen LogP) is 1.75. The molecule has 0 bridgehead atoms. The van der Waals surface area contributed by atoms with Crippen LogP contribution in [0.4, 0.5) is 10.1 Å². The highest BCUT2D eigenvalue weighted by Gasteiger charge is 2.28. The van der Waals surface area contributed by atoms with Gasteiger partial charge < -0.3 is 15.3 Å². The zero-order chi connectivity index (χ0) is 13.1. The van der Waals surface area contributed by atoms with Gasteiger partial charge in [0.15, 0.2) is 0 Å². The second-order valence-electron chi connectivity index (χ2n) is 5.01. The quantitative estimate of drug-likeness (QED) is 0.857. The number of halogens is 1. The lowest BCUT2D eigenvalue weighted by molar-refractivity contribution is 0.136. The van der Waals surface area contributed by atoms with Crippen LogP contribution in [0.5, 0.6) is 0 Å². The van der Waals surface area contributed by atoms with Crippen LogP contribution >= 0.6 is 0 Å². The molecule has 2 N–H and O–H groups in total. The molecule has 18 heavy (non-hydrogen) atoms. The zero-order valence-electron chi connectivity index (χ0n) is 11.0. The number of aliphatic hydroxyl groups excluding tert-OH is 1. The van der Waals surface area contributed by atoms with E-state index in [1.54, 1.807) is 6.07 Å². The summed E-state index contributed by atoms with van der Waals surface area (Å²) in [6.07, 6.45) is 0.597. The van der Waals surface area contributed by atoms with E-state index in [2.05, 4.69) is 10.2 Å². The molecule has 0 radical (unpaired) electrons. The number of hydrogen-bond donors (Lipinski definition) is 2. The monoisotopic (exact) mass is 252 g/mol. The minimum Gasteiger partial charge on any atom is -0.393 e. The Balaban J connectivity index is 2.23. The molecular weight excluding hydrogens is 231 g/mol. The molecule has 0 saturated carbocycles. The van der Waals surface area contributed by atoms with Crippen LogP contribution in [0.1, 0.15) is 18.9 Å². The molecule has 1 aromatic carbocycles. The van der Waals surface area contributed by atoms with E-state index in [0.717, 1.165) is 25.1 Å². The van der Waals surface area contributed by atoms with Gasteiger partial charge in [0.1, 0.15) is 5.82 Å². The average molecular weight is 252 g/mol. The van der Waals surface area contributed by atoms with Crippen LogP contribution in [0.2, 0.25) is 0 Å². The summed E-state index contributed by atoms with van der Waals surface area (Å²) in [5, 5.41) is 12.7. The lowest BCUT2D eigenvalue weighted by Gasteiger charge is -2.23. The average Bonchev–Trinajstić information content (AvgIpc) is 2.79. The van der Waals surface area contributed by atoms with Gasteiger partial charge in [0.2, 0.25) is 0 Å². The first-order valence-electron chi connectivity index (χ1n) is 6.48. The molecular formula is C14H21FN2O. The molecule has 2 rings (SSSR count). The summed E-state index contributed by atoms with van der Waals surface area (Å²) >= 11 is 0. The van der Waals surface area contributed by atoms with Crippen LogP contribution < -0.4 is 10.2 Å². The van der Waals surface area contributed by atoms with E-state index in [-0.39, 0.29) is 17.8 Å². The molecule has 0 aromatic heterocycles. The third-order valence-corrected chi connectivity index (χ3v) is 3.66. The lowest BCUT2D eigenvalue weighted by Crippen LogP contribution is -2.26.